The number of carbonyl (C=O) groups excluding carboxylic acids is 2. The molecule has 1 saturated carbocycles. The standard InChI is InChI=1S/C26H38BrNO5/c1-16(2)20-12-7-17(3)13-21(20)32-23(29)26(28-24(30)33-25(4,5)6)14-22(31-15-26)18-8-10-19(27)11-9-18/h8-11,16-17,20-22H,7,12-15H2,1-6H3,(H,28,30)/t17-,20+,21-,22+,26+/m1/s1. The van der Waals surface area contributed by atoms with Gasteiger partial charge < -0.3 is 19.5 Å². The summed E-state index contributed by atoms with van der Waals surface area (Å²) in [7, 11) is 0. The largest absolute Gasteiger partial charge is 0.460 e. The van der Waals surface area contributed by atoms with Gasteiger partial charge in [0, 0.05) is 10.9 Å². The van der Waals surface area contributed by atoms with Gasteiger partial charge in [-0.1, -0.05) is 55.3 Å². The van der Waals surface area contributed by atoms with Crippen molar-refractivity contribution in [3.05, 3.63) is 34.3 Å². The molecular weight excluding hydrogens is 486 g/mol. The smallest absolute Gasteiger partial charge is 0.408 e. The van der Waals surface area contributed by atoms with Crippen LogP contribution in [0.4, 0.5) is 4.79 Å². The second kappa shape index (κ2) is 10.3. The van der Waals surface area contributed by atoms with Crippen LogP contribution in [0.3, 0.4) is 0 Å². The predicted octanol–water partition coefficient (Wildman–Crippen LogP) is 6.18. The van der Waals surface area contributed by atoms with Gasteiger partial charge in [0.1, 0.15) is 11.7 Å². The van der Waals surface area contributed by atoms with Gasteiger partial charge >= 0.3 is 12.1 Å². The third-order valence-electron chi connectivity index (χ3n) is 6.66. The summed E-state index contributed by atoms with van der Waals surface area (Å²) in [6.45, 7) is 12.0. The molecule has 184 valence electrons. The second-order valence-electron chi connectivity index (χ2n) is 11.0. The van der Waals surface area contributed by atoms with E-state index in [0.717, 1.165) is 29.3 Å². The molecule has 33 heavy (non-hydrogen) atoms. The molecule has 1 N–H and O–H groups in total. The number of rotatable bonds is 5. The number of alkyl carbamates (subject to hydrolysis) is 1. The minimum absolute atomic E-state index is 0.0421. The van der Waals surface area contributed by atoms with E-state index in [1.807, 2.05) is 24.3 Å². The van der Waals surface area contributed by atoms with E-state index in [-0.39, 0.29) is 18.8 Å². The molecule has 2 fully saturated rings. The SMILES string of the molecule is CC(C)[C@@H]1CC[C@@H](C)C[C@H]1OC(=O)[C@@]1(NC(=O)OC(C)(C)C)CO[C@H](c2ccc(Br)cc2)C1. The summed E-state index contributed by atoms with van der Waals surface area (Å²) in [5, 5.41) is 2.83. The molecule has 1 aliphatic carbocycles. The van der Waals surface area contributed by atoms with Crippen LogP contribution in [0, 0.1) is 17.8 Å². The predicted molar refractivity (Wildman–Crippen MR) is 131 cm³/mol. The van der Waals surface area contributed by atoms with E-state index in [4.69, 9.17) is 14.2 Å². The fourth-order valence-corrected chi connectivity index (χ4v) is 5.11. The van der Waals surface area contributed by atoms with Crippen molar-refractivity contribution in [3.8, 4) is 0 Å². The maximum Gasteiger partial charge on any atom is 0.408 e. The molecule has 1 aliphatic heterocycles. The first-order valence-corrected chi connectivity index (χ1v) is 12.8. The Hall–Kier alpha value is -1.60. The van der Waals surface area contributed by atoms with Crippen LogP contribution in [0.15, 0.2) is 28.7 Å². The third kappa shape index (κ3) is 6.72. The van der Waals surface area contributed by atoms with Crippen molar-refractivity contribution in [2.24, 2.45) is 17.8 Å². The Morgan fingerprint density at radius 3 is 2.45 bits per heavy atom. The van der Waals surface area contributed by atoms with Gasteiger partial charge in [-0.2, -0.15) is 0 Å². The lowest BCUT2D eigenvalue weighted by Gasteiger charge is -2.38. The fourth-order valence-electron chi connectivity index (χ4n) is 4.85. The van der Waals surface area contributed by atoms with Crippen LogP contribution in [-0.2, 0) is 19.0 Å². The van der Waals surface area contributed by atoms with Gasteiger partial charge in [-0.15, -0.1) is 0 Å². The molecular formula is C26H38BrNO5. The first-order valence-electron chi connectivity index (χ1n) is 12.0. The molecule has 0 aromatic heterocycles. The van der Waals surface area contributed by atoms with Crippen molar-refractivity contribution >= 4 is 28.0 Å². The first kappa shape index (κ1) is 26.0. The Morgan fingerprint density at radius 1 is 1.18 bits per heavy atom. The number of amides is 1. The molecule has 5 atom stereocenters. The monoisotopic (exact) mass is 523 g/mol. The quantitative estimate of drug-likeness (QED) is 0.466. The summed E-state index contributed by atoms with van der Waals surface area (Å²) in [6.07, 6.45) is 2.19. The third-order valence-corrected chi connectivity index (χ3v) is 7.19. The Labute approximate surface area is 206 Å². The summed E-state index contributed by atoms with van der Waals surface area (Å²) < 4.78 is 18.6. The van der Waals surface area contributed by atoms with Gasteiger partial charge in [-0.3, -0.25) is 0 Å². The zero-order chi connectivity index (χ0) is 24.4. The molecule has 7 heteroatoms. The van der Waals surface area contributed by atoms with Crippen molar-refractivity contribution in [1.82, 2.24) is 5.32 Å². The second-order valence-corrected chi connectivity index (χ2v) is 11.9. The number of carbonyl (C=O) groups is 2. The fraction of sp³-hybridized carbons (Fsp3) is 0.692. The maximum atomic E-state index is 13.7. The minimum Gasteiger partial charge on any atom is -0.460 e. The number of esters is 1. The van der Waals surface area contributed by atoms with E-state index >= 15 is 0 Å². The minimum atomic E-state index is -1.29. The van der Waals surface area contributed by atoms with Crippen molar-refractivity contribution in [2.75, 3.05) is 6.61 Å². The van der Waals surface area contributed by atoms with E-state index in [1.165, 1.54) is 0 Å². The highest BCUT2D eigenvalue weighted by atomic mass is 79.9. The highest BCUT2D eigenvalue weighted by Gasteiger charge is 2.51. The Balaban J connectivity index is 1.82. The highest BCUT2D eigenvalue weighted by molar-refractivity contribution is 9.10. The summed E-state index contributed by atoms with van der Waals surface area (Å²) in [6, 6.07) is 7.80. The Bertz CT molecular complexity index is 834. The van der Waals surface area contributed by atoms with Gasteiger partial charge in [-0.05, 0) is 69.1 Å². The lowest BCUT2D eigenvalue weighted by molar-refractivity contribution is -0.164. The van der Waals surface area contributed by atoms with Crippen molar-refractivity contribution in [2.45, 2.75) is 90.6 Å². The number of nitrogens with one attached hydrogen (secondary N) is 1. The molecule has 1 amide bonds. The lowest BCUT2D eigenvalue weighted by Crippen LogP contribution is -2.58. The normalized spacial score (nSPS) is 30.2. The summed E-state index contributed by atoms with van der Waals surface area (Å²) in [5.41, 5.74) is -1.02. The van der Waals surface area contributed by atoms with Crippen LogP contribution >= 0.6 is 15.9 Å². The van der Waals surface area contributed by atoms with Gasteiger partial charge in [0.05, 0.1) is 12.7 Å². The van der Waals surface area contributed by atoms with Crippen LogP contribution in [0.2, 0.25) is 0 Å². The van der Waals surface area contributed by atoms with Crippen LogP contribution in [0.25, 0.3) is 0 Å². The van der Waals surface area contributed by atoms with Crippen LogP contribution in [-0.4, -0.2) is 35.9 Å². The van der Waals surface area contributed by atoms with Crippen molar-refractivity contribution in [3.63, 3.8) is 0 Å². The van der Waals surface area contributed by atoms with Crippen molar-refractivity contribution in [1.29, 1.82) is 0 Å². The molecule has 0 spiro atoms. The molecule has 1 aromatic carbocycles. The zero-order valence-electron chi connectivity index (χ0n) is 20.7. The van der Waals surface area contributed by atoms with E-state index in [9.17, 15) is 9.59 Å². The number of hydrogen-bond donors (Lipinski definition) is 1. The first-order chi connectivity index (χ1) is 15.4. The summed E-state index contributed by atoms with van der Waals surface area (Å²) in [4.78, 5) is 26.4. The van der Waals surface area contributed by atoms with E-state index < -0.39 is 23.2 Å². The lowest BCUT2D eigenvalue weighted by atomic mass is 9.75. The Kier molecular flexibility index (Phi) is 8.15. The number of halogens is 1. The van der Waals surface area contributed by atoms with E-state index in [0.29, 0.717) is 24.2 Å². The van der Waals surface area contributed by atoms with Gasteiger partial charge in [0.2, 0.25) is 0 Å². The number of hydrogen-bond acceptors (Lipinski definition) is 5. The molecule has 1 heterocycles. The van der Waals surface area contributed by atoms with Crippen molar-refractivity contribution < 1.29 is 23.8 Å². The molecule has 0 bridgehead atoms. The average Bonchev–Trinajstić information content (AvgIpc) is 3.12. The molecule has 1 saturated heterocycles. The van der Waals surface area contributed by atoms with Gasteiger partial charge in [-0.25, -0.2) is 9.59 Å². The molecule has 0 radical (unpaired) electrons. The van der Waals surface area contributed by atoms with E-state index in [1.54, 1.807) is 20.8 Å². The maximum absolute atomic E-state index is 13.7. The van der Waals surface area contributed by atoms with Crippen LogP contribution in [0.1, 0.15) is 78.9 Å². The Morgan fingerprint density at radius 2 is 1.85 bits per heavy atom. The topological polar surface area (TPSA) is 73.9 Å². The zero-order valence-corrected chi connectivity index (χ0v) is 22.2. The van der Waals surface area contributed by atoms with Gasteiger partial charge in [0.25, 0.3) is 0 Å². The number of ether oxygens (including phenoxy) is 3. The summed E-state index contributed by atoms with van der Waals surface area (Å²) >= 11 is 3.45. The van der Waals surface area contributed by atoms with Crippen LogP contribution in [0.5, 0.6) is 0 Å². The average molecular weight is 524 g/mol. The van der Waals surface area contributed by atoms with E-state index in [2.05, 4.69) is 42.0 Å². The highest BCUT2D eigenvalue weighted by Crippen LogP contribution is 2.40. The molecule has 0 unspecified atom stereocenters. The molecule has 1 aromatic rings. The van der Waals surface area contributed by atoms with Gasteiger partial charge in [0.15, 0.2) is 5.54 Å². The number of benzene rings is 1. The molecule has 2 aliphatic rings. The van der Waals surface area contributed by atoms with Crippen LogP contribution < -0.4 is 5.32 Å². The molecule has 3 rings (SSSR count). The summed E-state index contributed by atoms with van der Waals surface area (Å²) in [5.74, 6) is 0.800. The molecule has 6 nitrogen and oxygen atoms in total.